The molecule has 1 fully saturated rings. The number of aromatic amines is 1. The third kappa shape index (κ3) is 6.28. The van der Waals surface area contributed by atoms with Crippen molar-refractivity contribution in [2.24, 2.45) is 9.98 Å². The Labute approximate surface area is 239 Å². The molecule has 1 aliphatic carbocycles. The van der Waals surface area contributed by atoms with E-state index < -0.39 is 0 Å². The zero-order valence-corrected chi connectivity index (χ0v) is 23.4. The number of fused-ring (bicyclic) bond motifs is 2. The van der Waals surface area contributed by atoms with Crippen molar-refractivity contribution in [2.75, 3.05) is 32.8 Å². The van der Waals surface area contributed by atoms with Gasteiger partial charge in [-0.2, -0.15) is 5.10 Å². The molecule has 1 amide bonds. The zero-order chi connectivity index (χ0) is 28.2. The maximum atomic E-state index is 13.2. The minimum absolute atomic E-state index is 0.00480. The molecule has 41 heavy (non-hydrogen) atoms. The average Bonchev–Trinajstić information content (AvgIpc) is 3.73. The monoisotopic (exact) mass is 556 g/mol. The SMILES string of the molecule is C=N/C(=N\C=C(/C)c1cn(CC(=O)N2CCc3[nH]nnc3C2)nc1CN1CCOCC1)NC1Cc2ccccc2C1. The van der Waals surface area contributed by atoms with Gasteiger partial charge in [-0.25, -0.2) is 9.98 Å². The van der Waals surface area contributed by atoms with Gasteiger partial charge in [-0.3, -0.25) is 19.5 Å². The van der Waals surface area contributed by atoms with Crippen molar-refractivity contribution in [3.63, 3.8) is 0 Å². The quantitative estimate of drug-likeness (QED) is 0.334. The molecule has 3 aromatic rings. The summed E-state index contributed by atoms with van der Waals surface area (Å²) in [6.45, 7) is 10.8. The summed E-state index contributed by atoms with van der Waals surface area (Å²) < 4.78 is 7.27. The number of aromatic nitrogens is 5. The number of rotatable bonds is 7. The van der Waals surface area contributed by atoms with Crippen LogP contribution < -0.4 is 5.32 Å². The van der Waals surface area contributed by atoms with Crippen LogP contribution >= 0.6 is 0 Å². The third-order valence-electron chi connectivity index (χ3n) is 7.98. The van der Waals surface area contributed by atoms with Crippen LogP contribution in [0.1, 0.15) is 40.7 Å². The van der Waals surface area contributed by atoms with E-state index in [9.17, 15) is 4.79 Å². The molecule has 0 radical (unpaired) electrons. The van der Waals surface area contributed by atoms with E-state index in [4.69, 9.17) is 9.84 Å². The Kier molecular flexibility index (Phi) is 8.01. The number of carbonyl (C=O) groups is 1. The van der Waals surface area contributed by atoms with E-state index in [0.717, 1.165) is 60.6 Å². The highest BCUT2D eigenvalue weighted by Crippen LogP contribution is 2.23. The Hall–Kier alpha value is -4.16. The van der Waals surface area contributed by atoms with Crippen LogP contribution in [0.25, 0.3) is 5.57 Å². The number of nitrogens with one attached hydrogen (secondary N) is 2. The lowest BCUT2D eigenvalue weighted by Crippen LogP contribution is -2.38. The van der Waals surface area contributed by atoms with Crippen molar-refractivity contribution in [1.82, 2.24) is 40.3 Å². The first-order chi connectivity index (χ1) is 20.1. The molecule has 1 saturated heterocycles. The van der Waals surface area contributed by atoms with Crippen molar-refractivity contribution < 1.29 is 9.53 Å². The molecule has 0 bridgehead atoms. The molecule has 4 heterocycles. The molecule has 0 spiro atoms. The smallest absolute Gasteiger partial charge is 0.244 e. The summed E-state index contributed by atoms with van der Waals surface area (Å²) in [6, 6.07) is 8.74. The first kappa shape index (κ1) is 27.0. The fraction of sp³-hybridized carbons (Fsp3) is 0.448. The second-order valence-corrected chi connectivity index (χ2v) is 10.8. The second-order valence-electron chi connectivity index (χ2n) is 10.8. The first-order valence-corrected chi connectivity index (χ1v) is 14.1. The summed E-state index contributed by atoms with van der Waals surface area (Å²) in [5, 5.41) is 19.2. The van der Waals surface area contributed by atoms with E-state index in [0.29, 0.717) is 38.8 Å². The summed E-state index contributed by atoms with van der Waals surface area (Å²) in [4.78, 5) is 26.1. The number of hydrogen-bond donors (Lipinski definition) is 2. The number of hydrogen-bond acceptors (Lipinski definition) is 7. The van der Waals surface area contributed by atoms with Gasteiger partial charge in [-0.05, 0) is 43.2 Å². The lowest BCUT2D eigenvalue weighted by Gasteiger charge is -2.26. The van der Waals surface area contributed by atoms with Crippen LogP contribution in [-0.4, -0.2) is 92.5 Å². The summed E-state index contributed by atoms with van der Waals surface area (Å²) in [6.07, 6.45) is 6.35. The van der Waals surface area contributed by atoms with Crippen LogP contribution in [0.5, 0.6) is 0 Å². The van der Waals surface area contributed by atoms with Gasteiger partial charge in [0.15, 0.2) is 0 Å². The van der Waals surface area contributed by atoms with E-state index in [1.54, 1.807) is 4.68 Å². The van der Waals surface area contributed by atoms with Crippen LogP contribution in [0.3, 0.4) is 0 Å². The van der Waals surface area contributed by atoms with Crippen molar-refractivity contribution in [3.05, 3.63) is 70.4 Å². The van der Waals surface area contributed by atoms with E-state index in [-0.39, 0.29) is 18.5 Å². The van der Waals surface area contributed by atoms with Gasteiger partial charge < -0.3 is 15.0 Å². The van der Waals surface area contributed by atoms with Crippen molar-refractivity contribution in [3.8, 4) is 0 Å². The number of amides is 1. The van der Waals surface area contributed by atoms with Crippen molar-refractivity contribution in [2.45, 2.75) is 51.9 Å². The molecule has 2 aliphatic heterocycles. The predicted octanol–water partition coefficient (Wildman–Crippen LogP) is 1.59. The van der Waals surface area contributed by atoms with Gasteiger partial charge in [0, 0.05) is 56.6 Å². The predicted molar refractivity (Wildman–Crippen MR) is 155 cm³/mol. The molecule has 2 aromatic heterocycles. The topological polar surface area (TPSA) is 129 Å². The number of carbonyl (C=O) groups excluding carboxylic acids is 1. The van der Waals surface area contributed by atoms with Crippen LogP contribution in [0.15, 0.2) is 46.6 Å². The standard InChI is InChI=1S/C29H36N10O2/c1-20(15-31-29(30-2)32-23-13-21-5-3-4-6-22(21)14-23)24-16-39(35-26(24)17-37-9-11-41-12-10-37)19-28(40)38-8-7-25-27(18-38)34-36-33-25/h3-6,15-16,23H,2,7-14,17-19H2,1H3,(H,31,32)(H,33,34,36)/b20-15+. The molecule has 6 rings (SSSR count). The lowest BCUT2D eigenvalue weighted by atomic mass is 10.1. The molecular formula is C29H36N10O2. The minimum atomic E-state index is 0.00480. The van der Waals surface area contributed by atoms with Crippen molar-refractivity contribution >= 4 is 24.2 Å². The zero-order valence-electron chi connectivity index (χ0n) is 23.4. The van der Waals surface area contributed by atoms with Gasteiger partial charge in [0.2, 0.25) is 11.9 Å². The fourth-order valence-electron chi connectivity index (χ4n) is 5.71. The minimum Gasteiger partial charge on any atom is -0.379 e. The highest BCUT2D eigenvalue weighted by Gasteiger charge is 2.25. The number of allylic oxidation sites excluding steroid dienone is 1. The number of morpholine rings is 1. The lowest BCUT2D eigenvalue weighted by molar-refractivity contribution is -0.133. The number of H-pyrrole nitrogens is 1. The van der Waals surface area contributed by atoms with Gasteiger partial charge in [-0.15, -0.1) is 5.10 Å². The van der Waals surface area contributed by atoms with Crippen LogP contribution in [-0.2, 0) is 48.4 Å². The molecule has 2 N–H and O–H groups in total. The molecule has 214 valence electrons. The number of benzene rings is 1. The fourth-order valence-corrected chi connectivity index (χ4v) is 5.71. The number of ether oxygens (including phenoxy) is 1. The van der Waals surface area contributed by atoms with E-state index in [1.165, 1.54) is 11.1 Å². The molecule has 12 nitrogen and oxygen atoms in total. The van der Waals surface area contributed by atoms with Gasteiger partial charge >= 0.3 is 0 Å². The number of nitrogens with zero attached hydrogens (tertiary/aromatic N) is 8. The Morgan fingerprint density at radius 1 is 1.22 bits per heavy atom. The van der Waals surface area contributed by atoms with Crippen LogP contribution in [0, 0.1) is 0 Å². The maximum absolute atomic E-state index is 13.2. The molecule has 1 aromatic carbocycles. The van der Waals surface area contributed by atoms with Gasteiger partial charge in [0.05, 0.1) is 31.1 Å². The number of guanidine groups is 1. The Morgan fingerprint density at radius 2 is 2.00 bits per heavy atom. The summed E-state index contributed by atoms with van der Waals surface area (Å²) >= 11 is 0. The maximum Gasteiger partial charge on any atom is 0.244 e. The molecule has 3 aliphatic rings. The average molecular weight is 557 g/mol. The van der Waals surface area contributed by atoms with Gasteiger partial charge in [-0.1, -0.05) is 29.5 Å². The summed E-state index contributed by atoms with van der Waals surface area (Å²) in [5.41, 5.74) is 7.37. The van der Waals surface area contributed by atoms with E-state index in [1.807, 2.05) is 24.2 Å². The van der Waals surface area contributed by atoms with E-state index >= 15 is 0 Å². The number of aliphatic imine (C=N–C) groups is 2. The van der Waals surface area contributed by atoms with Crippen LogP contribution in [0.4, 0.5) is 0 Å². The summed E-state index contributed by atoms with van der Waals surface area (Å²) in [7, 11) is 0. The highest BCUT2D eigenvalue weighted by molar-refractivity contribution is 5.85. The van der Waals surface area contributed by atoms with Gasteiger partial charge in [0.1, 0.15) is 12.2 Å². The first-order valence-electron chi connectivity index (χ1n) is 14.1. The Bertz CT molecular complexity index is 1440. The molecule has 12 heteroatoms. The van der Waals surface area contributed by atoms with Crippen LogP contribution in [0.2, 0.25) is 0 Å². The third-order valence-corrected chi connectivity index (χ3v) is 7.98. The van der Waals surface area contributed by atoms with Gasteiger partial charge in [0.25, 0.3) is 0 Å². The van der Waals surface area contributed by atoms with Crippen molar-refractivity contribution in [1.29, 1.82) is 0 Å². The summed E-state index contributed by atoms with van der Waals surface area (Å²) in [5.74, 6) is 0.502. The molecular weight excluding hydrogens is 520 g/mol. The Balaban J connectivity index is 1.18. The van der Waals surface area contributed by atoms with E-state index in [2.05, 4.69) is 66.6 Å². The molecule has 0 unspecified atom stereocenters. The molecule has 0 saturated carbocycles. The largest absolute Gasteiger partial charge is 0.379 e. The molecule has 0 atom stereocenters. The Morgan fingerprint density at radius 3 is 2.76 bits per heavy atom. The second kappa shape index (κ2) is 12.1. The highest BCUT2D eigenvalue weighted by atomic mass is 16.5. The normalized spacial score (nSPS) is 18.3.